The first-order chi connectivity index (χ1) is 12.2. The van der Waals surface area contributed by atoms with Gasteiger partial charge in [0, 0.05) is 17.9 Å². The summed E-state index contributed by atoms with van der Waals surface area (Å²) >= 11 is 0. The van der Waals surface area contributed by atoms with Crippen molar-refractivity contribution in [3.63, 3.8) is 0 Å². The molecule has 0 spiro atoms. The van der Waals surface area contributed by atoms with E-state index in [1.165, 1.54) is 18.6 Å². The van der Waals surface area contributed by atoms with Gasteiger partial charge < -0.3 is 9.73 Å². The van der Waals surface area contributed by atoms with E-state index < -0.39 is 9.84 Å². The van der Waals surface area contributed by atoms with Crippen LogP contribution in [-0.2, 0) is 21.2 Å². The number of anilines is 1. The van der Waals surface area contributed by atoms with Crippen molar-refractivity contribution in [2.75, 3.05) is 25.2 Å². The van der Waals surface area contributed by atoms with E-state index in [9.17, 15) is 13.2 Å². The lowest BCUT2D eigenvalue weighted by Crippen LogP contribution is -2.29. The Hall–Kier alpha value is -2.12. The number of sulfone groups is 1. The Morgan fingerprint density at radius 3 is 2.69 bits per heavy atom. The average molecular weight is 376 g/mol. The molecule has 1 aromatic heterocycles. The second kappa shape index (κ2) is 7.25. The zero-order valence-corrected chi connectivity index (χ0v) is 16.0. The highest BCUT2D eigenvalue weighted by Crippen LogP contribution is 2.47. The maximum absolute atomic E-state index is 12.2. The minimum atomic E-state index is -3.30. The molecule has 1 aromatic carbocycles. The largest absolute Gasteiger partial charge is 0.464 e. The summed E-state index contributed by atoms with van der Waals surface area (Å²) in [7, 11) is -1.46. The minimum Gasteiger partial charge on any atom is -0.464 e. The van der Waals surface area contributed by atoms with Gasteiger partial charge in [0.15, 0.2) is 9.84 Å². The second-order valence-electron chi connectivity index (χ2n) is 7.14. The van der Waals surface area contributed by atoms with Crippen LogP contribution in [0.5, 0.6) is 0 Å². The fourth-order valence-corrected chi connectivity index (χ4v) is 3.64. The molecule has 0 aliphatic heterocycles. The zero-order valence-electron chi connectivity index (χ0n) is 15.2. The second-order valence-corrected chi connectivity index (χ2v) is 9.16. The van der Waals surface area contributed by atoms with Crippen molar-refractivity contribution in [1.82, 2.24) is 4.90 Å². The molecule has 7 heteroatoms. The summed E-state index contributed by atoms with van der Waals surface area (Å²) in [6.07, 6.45) is 2.32. The zero-order chi connectivity index (χ0) is 18.9. The van der Waals surface area contributed by atoms with E-state index in [4.69, 9.17) is 4.42 Å². The molecular formula is C19H24N2O4S. The Morgan fingerprint density at radius 2 is 2.04 bits per heavy atom. The van der Waals surface area contributed by atoms with Gasteiger partial charge in [0.05, 0.1) is 18.0 Å². The molecule has 3 rings (SSSR count). The Labute approximate surface area is 154 Å². The molecule has 26 heavy (non-hydrogen) atoms. The number of hydrogen-bond acceptors (Lipinski definition) is 5. The number of furan rings is 1. The average Bonchev–Trinajstić information content (AvgIpc) is 3.09. The third-order valence-corrected chi connectivity index (χ3v) is 5.65. The molecule has 0 bridgehead atoms. The van der Waals surface area contributed by atoms with E-state index in [0.717, 1.165) is 17.8 Å². The van der Waals surface area contributed by atoms with Gasteiger partial charge in [-0.05, 0) is 49.7 Å². The number of benzene rings is 1. The topological polar surface area (TPSA) is 79.6 Å². The van der Waals surface area contributed by atoms with Crippen molar-refractivity contribution < 1.29 is 17.6 Å². The third kappa shape index (κ3) is 4.74. The van der Waals surface area contributed by atoms with Gasteiger partial charge in [-0.15, -0.1) is 0 Å². The molecule has 0 unspecified atom stereocenters. The minimum absolute atomic E-state index is 0.180. The fourth-order valence-electron chi connectivity index (χ4n) is 2.97. The third-order valence-electron chi connectivity index (χ3n) is 4.54. The molecule has 1 aliphatic carbocycles. The monoisotopic (exact) mass is 376 g/mol. The molecule has 1 aliphatic rings. The summed E-state index contributed by atoms with van der Waals surface area (Å²) in [6.45, 7) is 2.93. The van der Waals surface area contributed by atoms with Gasteiger partial charge >= 0.3 is 0 Å². The Bertz CT molecular complexity index is 904. The van der Waals surface area contributed by atoms with Crippen LogP contribution in [0, 0.1) is 5.92 Å². The predicted molar refractivity (Wildman–Crippen MR) is 99.7 cm³/mol. The van der Waals surface area contributed by atoms with Crippen LogP contribution in [0.4, 0.5) is 5.69 Å². The van der Waals surface area contributed by atoms with Gasteiger partial charge in [0.25, 0.3) is 0 Å². The lowest BCUT2D eigenvalue weighted by Gasteiger charge is -2.15. The smallest absolute Gasteiger partial charge is 0.238 e. The van der Waals surface area contributed by atoms with Crippen molar-refractivity contribution in [2.24, 2.45) is 5.92 Å². The molecule has 1 heterocycles. The first-order valence-corrected chi connectivity index (χ1v) is 10.5. The quantitative estimate of drug-likeness (QED) is 0.804. The van der Waals surface area contributed by atoms with Gasteiger partial charge in [0.2, 0.25) is 5.91 Å². The van der Waals surface area contributed by atoms with E-state index in [-0.39, 0.29) is 17.3 Å². The molecule has 1 amide bonds. The lowest BCUT2D eigenvalue weighted by molar-refractivity contribution is -0.117. The van der Waals surface area contributed by atoms with Gasteiger partial charge in [0.1, 0.15) is 11.5 Å². The van der Waals surface area contributed by atoms with Crippen molar-refractivity contribution >= 4 is 21.4 Å². The number of amides is 1. The molecule has 1 saturated carbocycles. The number of nitrogens with one attached hydrogen (secondary N) is 1. The van der Waals surface area contributed by atoms with E-state index in [1.54, 1.807) is 12.1 Å². The SMILES string of the molecule is C[C@@H]1C[C@@H]1c1ccc(CN(C)CC(=O)Nc2cccc(S(C)(=O)=O)c2)o1. The molecule has 1 N–H and O–H groups in total. The van der Waals surface area contributed by atoms with Crippen molar-refractivity contribution in [2.45, 2.75) is 30.7 Å². The highest BCUT2D eigenvalue weighted by Gasteiger charge is 2.36. The summed E-state index contributed by atoms with van der Waals surface area (Å²) in [6, 6.07) is 10.2. The molecule has 0 radical (unpaired) electrons. The molecule has 0 saturated heterocycles. The number of hydrogen-bond donors (Lipinski definition) is 1. The van der Waals surface area contributed by atoms with Crippen molar-refractivity contribution in [3.05, 3.63) is 47.9 Å². The maximum atomic E-state index is 12.2. The van der Waals surface area contributed by atoms with E-state index >= 15 is 0 Å². The summed E-state index contributed by atoms with van der Waals surface area (Å²) in [4.78, 5) is 14.2. The molecule has 1 fully saturated rings. The number of rotatable bonds is 7. The van der Waals surface area contributed by atoms with E-state index in [0.29, 0.717) is 24.1 Å². The van der Waals surface area contributed by atoms with Gasteiger partial charge in [-0.2, -0.15) is 0 Å². The van der Waals surface area contributed by atoms with Crippen LogP contribution < -0.4 is 5.32 Å². The first kappa shape index (κ1) is 18.7. The molecular weight excluding hydrogens is 352 g/mol. The van der Waals surface area contributed by atoms with E-state index in [1.807, 2.05) is 24.1 Å². The van der Waals surface area contributed by atoms with Crippen LogP contribution in [0.1, 0.15) is 30.8 Å². The van der Waals surface area contributed by atoms with Crippen LogP contribution >= 0.6 is 0 Å². The van der Waals surface area contributed by atoms with Gasteiger partial charge in [-0.25, -0.2) is 8.42 Å². The van der Waals surface area contributed by atoms with Crippen LogP contribution in [0.3, 0.4) is 0 Å². The van der Waals surface area contributed by atoms with Gasteiger partial charge in [-0.1, -0.05) is 13.0 Å². The normalized spacial score (nSPS) is 19.5. The maximum Gasteiger partial charge on any atom is 0.238 e. The van der Waals surface area contributed by atoms with Crippen molar-refractivity contribution in [1.29, 1.82) is 0 Å². The summed E-state index contributed by atoms with van der Waals surface area (Å²) in [5, 5.41) is 2.73. The standard InChI is InChI=1S/C19H24N2O4S/c1-13-9-17(13)18-8-7-15(25-18)11-21(2)12-19(22)20-14-5-4-6-16(10-14)26(3,23)24/h4-8,10,13,17H,9,11-12H2,1-3H3,(H,20,22)/t13-,17+/m1/s1. The Kier molecular flexibility index (Phi) is 5.20. The molecule has 2 aromatic rings. The summed E-state index contributed by atoms with van der Waals surface area (Å²) < 4.78 is 29.1. The van der Waals surface area contributed by atoms with Crippen LogP contribution in [0.2, 0.25) is 0 Å². The molecule has 140 valence electrons. The molecule has 6 nitrogen and oxygen atoms in total. The molecule has 2 atom stereocenters. The Morgan fingerprint density at radius 1 is 1.31 bits per heavy atom. The lowest BCUT2D eigenvalue weighted by atomic mass is 10.3. The highest BCUT2D eigenvalue weighted by molar-refractivity contribution is 7.90. The number of likely N-dealkylation sites (N-methyl/N-ethyl adjacent to an activating group) is 1. The number of carbonyl (C=O) groups is 1. The van der Waals surface area contributed by atoms with Crippen LogP contribution in [0.15, 0.2) is 45.7 Å². The van der Waals surface area contributed by atoms with Crippen molar-refractivity contribution in [3.8, 4) is 0 Å². The predicted octanol–water partition coefficient (Wildman–Crippen LogP) is 2.88. The summed E-state index contributed by atoms with van der Waals surface area (Å²) in [5.41, 5.74) is 0.467. The summed E-state index contributed by atoms with van der Waals surface area (Å²) in [5.74, 6) is 2.90. The van der Waals surface area contributed by atoms with Crippen LogP contribution in [-0.4, -0.2) is 39.1 Å². The van der Waals surface area contributed by atoms with E-state index in [2.05, 4.69) is 12.2 Å². The number of carbonyl (C=O) groups excluding carboxylic acids is 1. The fraction of sp³-hybridized carbons (Fsp3) is 0.421. The Balaban J connectivity index is 1.53. The number of nitrogens with zero attached hydrogens (tertiary/aromatic N) is 1. The first-order valence-electron chi connectivity index (χ1n) is 8.59. The highest BCUT2D eigenvalue weighted by atomic mass is 32.2. The van der Waals surface area contributed by atoms with Gasteiger partial charge in [-0.3, -0.25) is 9.69 Å². The van der Waals surface area contributed by atoms with Crippen LogP contribution in [0.25, 0.3) is 0 Å².